The van der Waals surface area contributed by atoms with Crippen molar-refractivity contribution in [1.29, 1.82) is 0 Å². The van der Waals surface area contributed by atoms with Gasteiger partial charge in [0.25, 0.3) is 0 Å². The molecule has 0 bridgehead atoms. The third-order valence-electron chi connectivity index (χ3n) is 4.13. The molecular formula is C23H17FN4O2. The predicted molar refractivity (Wildman–Crippen MR) is 112 cm³/mol. The van der Waals surface area contributed by atoms with Crippen LogP contribution >= 0.6 is 0 Å². The molecule has 2 aromatic carbocycles. The van der Waals surface area contributed by atoms with Crippen LogP contribution in [0, 0.1) is 5.82 Å². The predicted octanol–water partition coefficient (Wildman–Crippen LogP) is 4.85. The zero-order valence-electron chi connectivity index (χ0n) is 15.8. The van der Waals surface area contributed by atoms with Gasteiger partial charge in [-0.05, 0) is 60.2 Å². The number of hydrogen-bond acceptors (Lipinski definition) is 4. The highest BCUT2D eigenvalue weighted by atomic mass is 19.1. The van der Waals surface area contributed by atoms with E-state index in [0.717, 1.165) is 5.69 Å². The molecule has 0 fully saturated rings. The Kier molecular flexibility index (Phi) is 5.61. The first-order valence-corrected chi connectivity index (χ1v) is 9.14. The number of hydrogen-bond donors (Lipinski definition) is 1. The minimum atomic E-state index is -0.534. The summed E-state index contributed by atoms with van der Waals surface area (Å²) in [4.78, 5) is 16.2. The molecule has 0 aliphatic heterocycles. The number of halogens is 1. The molecule has 30 heavy (non-hydrogen) atoms. The van der Waals surface area contributed by atoms with Crippen molar-refractivity contribution in [2.24, 2.45) is 0 Å². The van der Waals surface area contributed by atoms with E-state index >= 15 is 0 Å². The van der Waals surface area contributed by atoms with Gasteiger partial charge in [-0.3, -0.25) is 9.78 Å². The fraction of sp³-hybridized carbons (Fsp3) is 0. The third kappa shape index (κ3) is 4.77. The van der Waals surface area contributed by atoms with Crippen molar-refractivity contribution in [3.8, 4) is 17.2 Å². The molecule has 0 aliphatic carbocycles. The number of ether oxygens (including phenoxy) is 1. The second-order valence-electron chi connectivity index (χ2n) is 6.30. The van der Waals surface area contributed by atoms with Gasteiger partial charge in [0.1, 0.15) is 5.75 Å². The van der Waals surface area contributed by atoms with E-state index in [1.54, 1.807) is 41.3 Å². The molecule has 4 aromatic rings. The summed E-state index contributed by atoms with van der Waals surface area (Å²) >= 11 is 0. The van der Waals surface area contributed by atoms with Crippen LogP contribution in [0.4, 0.5) is 10.1 Å². The molecule has 1 N–H and O–H groups in total. The van der Waals surface area contributed by atoms with Crippen LogP contribution in [-0.2, 0) is 4.79 Å². The Morgan fingerprint density at radius 1 is 1.07 bits per heavy atom. The Bertz CT molecular complexity index is 1180. The second-order valence-corrected chi connectivity index (χ2v) is 6.30. The average Bonchev–Trinajstić information content (AvgIpc) is 3.30. The van der Waals surface area contributed by atoms with Gasteiger partial charge in [0.05, 0.1) is 11.9 Å². The Labute approximate surface area is 172 Å². The van der Waals surface area contributed by atoms with Crippen LogP contribution in [0.3, 0.4) is 0 Å². The first-order chi connectivity index (χ1) is 14.7. The highest BCUT2D eigenvalue weighted by Crippen LogP contribution is 2.25. The first kappa shape index (κ1) is 19.1. The maximum atomic E-state index is 14.3. The molecule has 0 saturated carbocycles. The highest BCUT2D eigenvalue weighted by Gasteiger charge is 2.06. The van der Waals surface area contributed by atoms with Gasteiger partial charge in [0.15, 0.2) is 11.6 Å². The fourth-order valence-corrected chi connectivity index (χ4v) is 2.74. The number of anilines is 1. The van der Waals surface area contributed by atoms with Gasteiger partial charge in [-0.25, -0.2) is 9.07 Å². The Hall–Kier alpha value is -4.26. The average molecular weight is 400 g/mol. The molecule has 0 atom stereocenters. The molecule has 1 amide bonds. The molecule has 2 heterocycles. The van der Waals surface area contributed by atoms with E-state index in [0.29, 0.717) is 17.0 Å². The summed E-state index contributed by atoms with van der Waals surface area (Å²) in [6, 6.07) is 17.0. The highest BCUT2D eigenvalue weighted by molar-refractivity contribution is 6.02. The summed E-state index contributed by atoms with van der Waals surface area (Å²) in [6.45, 7) is 0. The number of carbonyl (C=O) groups excluding carboxylic acids is 1. The van der Waals surface area contributed by atoms with Gasteiger partial charge in [-0.1, -0.05) is 12.1 Å². The quantitative estimate of drug-likeness (QED) is 0.470. The van der Waals surface area contributed by atoms with E-state index in [1.165, 1.54) is 30.5 Å². The monoisotopic (exact) mass is 400 g/mol. The number of amides is 1. The fourth-order valence-electron chi connectivity index (χ4n) is 2.74. The SMILES string of the molecule is O=C(/C=C/c1ccc(Oc2cccnc2)c(F)c1)Nc1cccc(-n2cccn2)c1. The first-order valence-electron chi connectivity index (χ1n) is 9.14. The van der Waals surface area contributed by atoms with Crippen LogP contribution in [-0.4, -0.2) is 20.7 Å². The number of pyridine rings is 1. The maximum absolute atomic E-state index is 14.3. The van der Waals surface area contributed by atoms with E-state index in [1.807, 2.05) is 30.5 Å². The van der Waals surface area contributed by atoms with Crippen molar-refractivity contribution >= 4 is 17.7 Å². The zero-order valence-corrected chi connectivity index (χ0v) is 15.8. The standard InChI is InChI=1S/C23H17FN4O2/c24-21-14-17(7-9-22(21)30-20-6-2-11-25-16-20)8-10-23(29)27-18-4-1-5-19(15-18)28-13-3-12-26-28/h1-16H,(H,27,29)/b10-8+. The van der Waals surface area contributed by atoms with E-state index in [9.17, 15) is 9.18 Å². The summed E-state index contributed by atoms with van der Waals surface area (Å²) in [7, 11) is 0. The topological polar surface area (TPSA) is 69.0 Å². The molecule has 0 spiro atoms. The lowest BCUT2D eigenvalue weighted by molar-refractivity contribution is -0.111. The molecule has 0 radical (unpaired) electrons. The molecule has 0 aliphatic rings. The number of nitrogens with zero attached hydrogens (tertiary/aromatic N) is 3. The van der Waals surface area contributed by atoms with Crippen molar-refractivity contribution in [2.45, 2.75) is 0 Å². The summed E-state index contributed by atoms with van der Waals surface area (Å²) in [5, 5.41) is 6.95. The maximum Gasteiger partial charge on any atom is 0.248 e. The Morgan fingerprint density at radius 3 is 2.77 bits per heavy atom. The summed E-state index contributed by atoms with van der Waals surface area (Å²) in [5.74, 6) is -0.339. The normalized spacial score (nSPS) is 10.8. The minimum Gasteiger partial charge on any atom is -0.453 e. The van der Waals surface area contributed by atoms with E-state index < -0.39 is 5.82 Å². The van der Waals surface area contributed by atoms with Crippen molar-refractivity contribution in [1.82, 2.24) is 14.8 Å². The van der Waals surface area contributed by atoms with Gasteiger partial charge < -0.3 is 10.1 Å². The smallest absolute Gasteiger partial charge is 0.248 e. The summed E-state index contributed by atoms with van der Waals surface area (Å²) in [5.41, 5.74) is 1.99. The Morgan fingerprint density at radius 2 is 2.00 bits per heavy atom. The molecule has 6 nitrogen and oxygen atoms in total. The molecule has 0 unspecified atom stereocenters. The number of benzene rings is 2. The summed E-state index contributed by atoms with van der Waals surface area (Å²) < 4.78 is 21.5. The van der Waals surface area contributed by atoms with Gasteiger partial charge in [-0.15, -0.1) is 0 Å². The lowest BCUT2D eigenvalue weighted by Crippen LogP contribution is -2.08. The lowest BCUT2D eigenvalue weighted by atomic mass is 10.2. The lowest BCUT2D eigenvalue weighted by Gasteiger charge is -2.07. The van der Waals surface area contributed by atoms with E-state index in [4.69, 9.17) is 4.74 Å². The van der Waals surface area contributed by atoms with Gasteiger partial charge in [-0.2, -0.15) is 5.10 Å². The van der Waals surface area contributed by atoms with Crippen molar-refractivity contribution in [2.75, 3.05) is 5.32 Å². The molecular weight excluding hydrogens is 383 g/mol. The van der Waals surface area contributed by atoms with Gasteiger partial charge in [0.2, 0.25) is 5.91 Å². The van der Waals surface area contributed by atoms with Crippen LogP contribution in [0.1, 0.15) is 5.56 Å². The molecule has 148 valence electrons. The molecule has 0 saturated heterocycles. The number of aromatic nitrogens is 3. The van der Waals surface area contributed by atoms with Crippen LogP contribution in [0.25, 0.3) is 11.8 Å². The zero-order chi connectivity index (χ0) is 20.8. The van der Waals surface area contributed by atoms with Crippen LogP contribution < -0.4 is 10.1 Å². The van der Waals surface area contributed by atoms with E-state index in [-0.39, 0.29) is 11.7 Å². The van der Waals surface area contributed by atoms with E-state index in [2.05, 4.69) is 15.4 Å². The minimum absolute atomic E-state index is 0.0834. The molecule has 7 heteroatoms. The van der Waals surface area contributed by atoms with Crippen LogP contribution in [0.2, 0.25) is 0 Å². The third-order valence-corrected chi connectivity index (χ3v) is 4.13. The van der Waals surface area contributed by atoms with Gasteiger partial charge in [0, 0.05) is 30.4 Å². The molecule has 2 aromatic heterocycles. The van der Waals surface area contributed by atoms with Gasteiger partial charge >= 0.3 is 0 Å². The van der Waals surface area contributed by atoms with Crippen LogP contribution in [0.5, 0.6) is 11.5 Å². The number of rotatable bonds is 6. The van der Waals surface area contributed by atoms with Crippen molar-refractivity contribution in [3.05, 3.63) is 103 Å². The van der Waals surface area contributed by atoms with Crippen LogP contribution in [0.15, 0.2) is 91.5 Å². The number of nitrogens with one attached hydrogen (secondary N) is 1. The van der Waals surface area contributed by atoms with Crippen molar-refractivity contribution in [3.63, 3.8) is 0 Å². The van der Waals surface area contributed by atoms with Crippen molar-refractivity contribution < 1.29 is 13.9 Å². The largest absolute Gasteiger partial charge is 0.453 e. The second kappa shape index (κ2) is 8.83. The Balaban J connectivity index is 1.40. The summed E-state index contributed by atoms with van der Waals surface area (Å²) in [6.07, 6.45) is 9.48. The molecule has 4 rings (SSSR count). The number of carbonyl (C=O) groups is 1.